The van der Waals surface area contributed by atoms with Gasteiger partial charge in [0.25, 0.3) is 0 Å². The van der Waals surface area contributed by atoms with Crippen LogP contribution in [0.2, 0.25) is 0 Å². The van der Waals surface area contributed by atoms with Crippen molar-refractivity contribution in [3.63, 3.8) is 0 Å². The number of carbonyl (C=O) groups excluding carboxylic acids is 5. The molecule has 11 nitrogen and oxygen atoms in total. The molecule has 136 valence electrons. The maximum atomic E-state index is 11.5. The van der Waals surface area contributed by atoms with Crippen LogP contribution < -0.4 is 26.6 Å². The van der Waals surface area contributed by atoms with Crippen LogP contribution in [0.3, 0.4) is 0 Å². The summed E-state index contributed by atoms with van der Waals surface area (Å²) < 4.78 is 0. The van der Waals surface area contributed by atoms with E-state index in [2.05, 4.69) is 26.6 Å². The molecule has 0 rings (SSSR count). The zero-order valence-corrected chi connectivity index (χ0v) is 13.6. The van der Waals surface area contributed by atoms with Crippen molar-refractivity contribution in [2.24, 2.45) is 0 Å². The van der Waals surface area contributed by atoms with E-state index in [1.54, 1.807) is 0 Å². The summed E-state index contributed by atoms with van der Waals surface area (Å²) in [4.78, 5) is 56.3. The normalized spacial score (nSPS) is 11.1. The van der Waals surface area contributed by atoms with Crippen LogP contribution in [-0.2, 0) is 24.0 Å². The van der Waals surface area contributed by atoms with Gasteiger partial charge < -0.3 is 31.7 Å². The van der Waals surface area contributed by atoms with E-state index in [9.17, 15) is 24.0 Å². The molecule has 0 radical (unpaired) electrons. The first kappa shape index (κ1) is 21.5. The van der Waals surface area contributed by atoms with E-state index >= 15 is 0 Å². The Labute approximate surface area is 138 Å². The standard InChI is InChI=1S/C13H23N5O6/c1-8(20)3-15-10(21)4-16-11(22)5-17-12(23)6-18-13(24)9(7-19)14-2/h9,14,19H,3-7H2,1-2H3,(H,15,21)(H,16,22)(H,17,23)(H,18,24). The van der Waals surface area contributed by atoms with E-state index in [0.717, 1.165) is 0 Å². The average molecular weight is 345 g/mol. The van der Waals surface area contributed by atoms with Crippen molar-refractivity contribution >= 4 is 29.4 Å². The van der Waals surface area contributed by atoms with Gasteiger partial charge in [0.05, 0.1) is 32.8 Å². The predicted molar refractivity (Wildman–Crippen MR) is 82.7 cm³/mol. The minimum absolute atomic E-state index is 0.118. The van der Waals surface area contributed by atoms with Gasteiger partial charge in [0.1, 0.15) is 11.8 Å². The van der Waals surface area contributed by atoms with Crippen molar-refractivity contribution in [3.8, 4) is 0 Å². The smallest absolute Gasteiger partial charge is 0.239 e. The van der Waals surface area contributed by atoms with Crippen LogP contribution in [0.4, 0.5) is 0 Å². The van der Waals surface area contributed by atoms with Gasteiger partial charge in [-0.3, -0.25) is 24.0 Å². The summed E-state index contributed by atoms with van der Waals surface area (Å²) in [5.41, 5.74) is 0. The minimum atomic E-state index is -0.824. The number of rotatable bonds is 11. The summed E-state index contributed by atoms with van der Waals surface area (Å²) in [5, 5.41) is 20.5. The maximum absolute atomic E-state index is 11.5. The molecular formula is C13H23N5O6. The molecule has 0 fully saturated rings. The van der Waals surface area contributed by atoms with Gasteiger partial charge in [-0.1, -0.05) is 0 Å². The van der Waals surface area contributed by atoms with Crippen molar-refractivity contribution in [3.05, 3.63) is 0 Å². The Kier molecular flexibility index (Phi) is 10.7. The summed E-state index contributed by atoms with van der Waals surface area (Å²) in [6.07, 6.45) is 0. The van der Waals surface area contributed by atoms with E-state index in [1.807, 2.05) is 0 Å². The number of aliphatic hydroxyl groups excluding tert-OH is 1. The molecule has 0 saturated heterocycles. The Hall–Kier alpha value is -2.53. The second-order valence-electron chi connectivity index (χ2n) is 4.77. The molecule has 0 heterocycles. The molecule has 0 aromatic heterocycles. The van der Waals surface area contributed by atoms with Crippen LogP contribution in [0.25, 0.3) is 0 Å². The molecule has 0 aliphatic heterocycles. The summed E-state index contributed by atoms with van der Waals surface area (Å²) in [7, 11) is 1.48. The van der Waals surface area contributed by atoms with Gasteiger partial charge in [-0.25, -0.2) is 0 Å². The van der Waals surface area contributed by atoms with Crippen LogP contribution >= 0.6 is 0 Å². The number of amides is 4. The lowest BCUT2D eigenvalue weighted by Gasteiger charge is -2.13. The molecule has 6 N–H and O–H groups in total. The van der Waals surface area contributed by atoms with Crippen molar-refractivity contribution in [2.45, 2.75) is 13.0 Å². The predicted octanol–water partition coefficient (Wildman–Crippen LogP) is -4.38. The lowest BCUT2D eigenvalue weighted by atomic mass is 10.3. The minimum Gasteiger partial charge on any atom is -0.394 e. The van der Waals surface area contributed by atoms with Gasteiger partial charge in [-0.2, -0.15) is 0 Å². The molecule has 0 aliphatic rings. The SMILES string of the molecule is CNC(CO)C(=O)NCC(=O)NCC(=O)NCC(=O)NCC(C)=O. The summed E-state index contributed by atoms with van der Waals surface area (Å²) >= 11 is 0. The van der Waals surface area contributed by atoms with Crippen LogP contribution in [-0.4, -0.2) is 80.4 Å². The molecule has 0 aliphatic carbocycles. The van der Waals surface area contributed by atoms with Crippen molar-refractivity contribution in [2.75, 3.05) is 39.8 Å². The third-order valence-electron chi connectivity index (χ3n) is 2.70. The van der Waals surface area contributed by atoms with Crippen LogP contribution in [0.5, 0.6) is 0 Å². The molecule has 0 aromatic rings. The molecule has 0 saturated carbocycles. The number of carbonyl (C=O) groups is 5. The highest BCUT2D eigenvalue weighted by Crippen LogP contribution is 1.80. The molecule has 0 bridgehead atoms. The summed E-state index contributed by atoms with van der Waals surface area (Å²) in [5.74, 6) is -2.50. The monoisotopic (exact) mass is 345 g/mol. The number of ketones is 1. The number of hydrogen-bond acceptors (Lipinski definition) is 7. The largest absolute Gasteiger partial charge is 0.394 e. The van der Waals surface area contributed by atoms with Crippen LogP contribution in [0, 0.1) is 0 Å². The lowest BCUT2D eigenvalue weighted by molar-refractivity contribution is -0.129. The molecule has 0 aromatic carbocycles. The highest BCUT2D eigenvalue weighted by molar-refractivity contribution is 5.91. The van der Waals surface area contributed by atoms with Gasteiger partial charge in [0, 0.05) is 0 Å². The molecule has 1 unspecified atom stereocenters. The van der Waals surface area contributed by atoms with E-state index in [4.69, 9.17) is 5.11 Å². The van der Waals surface area contributed by atoms with E-state index in [1.165, 1.54) is 14.0 Å². The molecule has 1 atom stereocenters. The third-order valence-corrected chi connectivity index (χ3v) is 2.70. The third kappa shape index (κ3) is 10.2. The first-order chi connectivity index (χ1) is 11.3. The van der Waals surface area contributed by atoms with E-state index < -0.39 is 36.3 Å². The van der Waals surface area contributed by atoms with Crippen LogP contribution in [0.15, 0.2) is 0 Å². The second-order valence-corrected chi connectivity index (χ2v) is 4.77. The lowest BCUT2D eigenvalue weighted by Crippen LogP contribution is -2.49. The van der Waals surface area contributed by atoms with Gasteiger partial charge in [0.15, 0.2) is 0 Å². The Bertz CT molecular complexity index is 477. The highest BCUT2D eigenvalue weighted by Gasteiger charge is 2.15. The number of Topliss-reactive ketones (excluding diaryl/α,β-unsaturated/α-hetero) is 1. The molecule has 24 heavy (non-hydrogen) atoms. The summed E-state index contributed by atoms with van der Waals surface area (Å²) in [6.45, 7) is -0.274. The van der Waals surface area contributed by atoms with E-state index in [-0.39, 0.29) is 32.0 Å². The molecule has 11 heteroatoms. The Balaban J connectivity index is 3.90. The van der Waals surface area contributed by atoms with Crippen LogP contribution in [0.1, 0.15) is 6.92 Å². The topological polar surface area (TPSA) is 166 Å². The zero-order valence-electron chi connectivity index (χ0n) is 13.6. The first-order valence-electron chi connectivity index (χ1n) is 7.15. The fraction of sp³-hybridized carbons (Fsp3) is 0.615. The highest BCUT2D eigenvalue weighted by atomic mass is 16.3. The molecule has 4 amide bonds. The Morgan fingerprint density at radius 3 is 1.58 bits per heavy atom. The van der Waals surface area contributed by atoms with Gasteiger partial charge >= 0.3 is 0 Å². The fourth-order valence-electron chi connectivity index (χ4n) is 1.36. The number of nitrogens with one attached hydrogen (secondary N) is 5. The summed E-state index contributed by atoms with van der Waals surface area (Å²) in [6, 6.07) is -0.824. The Morgan fingerprint density at radius 2 is 1.21 bits per heavy atom. The maximum Gasteiger partial charge on any atom is 0.239 e. The van der Waals surface area contributed by atoms with Gasteiger partial charge in [0.2, 0.25) is 23.6 Å². The number of hydrogen-bond donors (Lipinski definition) is 6. The van der Waals surface area contributed by atoms with Gasteiger partial charge in [-0.05, 0) is 14.0 Å². The van der Waals surface area contributed by atoms with Crippen molar-refractivity contribution < 1.29 is 29.1 Å². The average Bonchev–Trinajstić information content (AvgIpc) is 2.55. The number of aliphatic hydroxyl groups is 1. The van der Waals surface area contributed by atoms with Crippen molar-refractivity contribution in [1.82, 2.24) is 26.6 Å². The van der Waals surface area contributed by atoms with E-state index in [0.29, 0.717) is 0 Å². The fourth-order valence-corrected chi connectivity index (χ4v) is 1.36. The first-order valence-corrected chi connectivity index (χ1v) is 7.15. The second kappa shape index (κ2) is 12.0. The Morgan fingerprint density at radius 1 is 0.792 bits per heavy atom. The zero-order chi connectivity index (χ0) is 18.5. The molecular weight excluding hydrogens is 322 g/mol. The molecule has 0 spiro atoms. The van der Waals surface area contributed by atoms with Gasteiger partial charge in [-0.15, -0.1) is 0 Å². The number of likely N-dealkylation sites (N-methyl/N-ethyl adjacent to an activating group) is 1. The van der Waals surface area contributed by atoms with Crippen molar-refractivity contribution in [1.29, 1.82) is 0 Å². The quantitative estimate of drug-likeness (QED) is 0.220.